The molecule has 0 unspecified atom stereocenters. The van der Waals surface area contributed by atoms with Gasteiger partial charge >= 0.3 is 0 Å². The van der Waals surface area contributed by atoms with Crippen LogP contribution in [0.15, 0.2) is 42.5 Å². The molecule has 0 bridgehead atoms. The fraction of sp³-hybridized carbons (Fsp3) is 0.545. The van der Waals surface area contributed by atoms with E-state index in [-0.39, 0.29) is 5.48 Å². The number of hydrogen-bond acceptors (Lipinski definition) is 1. The minimum atomic E-state index is 0. The molecule has 0 fully saturated rings. The highest BCUT2D eigenvalue weighted by Gasteiger charge is 2.00. The predicted octanol–water partition coefficient (Wildman–Crippen LogP) is 5.24. The molecule has 2 heteroatoms. The molecular formula is C22H35NO. The quantitative estimate of drug-likeness (QED) is 0.519. The lowest BCUT2D eigenvalue weighted by molar-refractivity contribution is 0.389. The van der Waals surface area contributed by atoms with Crippen LogP contribution in [0.1, 0.15) is 56.9 Å². The van der Waals surface area contributed by atoms with Crippen LogP contribution in [-0.2, 0) is 6.42 Å². The normalized spacial score (nSPS) is 11.0. The van der Waals surface area contributed by atoms with Crippen molar-refractivity contribution in [3.8, 4) is 0 Å². The van der Waals surface area contributed by atoms with E-state index in [4.69, 9.17) is 0 Å². The highest BCUT2D eigenvalue weighted by Crippen LogP contribution is 2.20. The summed E-state index contributed by atoms with van der Waals surface area (Å²) in [6.45, 7) is 1.24. The Morgan fingerprint density at radius 2 is 1.25 bits per heavy atom. The highest BCUT2D eigenvalue weighted by molar-refractivity contribution is 5.85. The third-order valence-corrected chi connectivity index (χ3v) is 4.68. The molecule has 0 amide bonds. The van der Waals surface area contributed by atoms with Gasteiger partial charge in [0, 0.05) is 0 Å². The summed E-state index contributed by atoms with van der Waals surface area (Å²) in [6, 6.07) is 15.5. The van der Waals surface area contributed by atoms with Crippen LogP contribution >= 0.6 is 0 Å². The monoisotopic (exact) mass is 329 g/mol. The van der Waals surface area contributed by atoms with E-state index in [0.717, 1.165) is 0 Å². The van der Waals surface area contributed by atoms with Gasteiger partial charge in [0.25, 0.3) is 0 Å². The number of hydrogen-bond donors (Lipinski definition) is 0. The molecule has 2 nitrogen and oxygen atoms in total. The molecule has 0 radical (unpaired) electrons. The Morgan fingerprint density at radius 3 is 1.96 bits per heavy atom. The van der Waals surface area contributed by atoms with Gasteiger partial charge in [0.1, 0.15) is 0 Å². The lowest BCUT2D eigenvalue weighted by Crippen LogP contribution is -2.12. The zero-order chi connectivity index (χ0) is 16.3. The molecule has 0 saturated heterocycles. The van der Waals surface area contributed by atoms with E-state index >= 15 is 0 Å². The van der Waals surface area contributed by atoms with Crippen LogP contribution in [0.5, 0.6) is 0 Å². The molecule has 0 heterocycles. The maximum Gasteiger partial charge on any atom is -0.00248 e. The van der Waals surface area contributed by atoms with Crippen LogP contribution in [0.4, 0.5) is 0 Å². The van der Waals surface area contributed by atoms with Gasteiger partial charge in [0.05, 0.1) is 0 Å². The molecule has 0 aromatic heterocycles. The van der Waals surface area contributed by atoms with Crippen molar-refractivity contribution in [3.05, 3.63) is 48.0 Å². The van der Waals surface area contributed by atoms with Gasteiger partial charge in [-0.3, -0.25) is 0 Å². The fourth-order valence-electron chi connectivity index (χ4n) is 3.31. The molecule has 0 aliphatic heterocycles. The van der Waals surface area contributed by atoms with Gasteiger partial charge in [-0.05, 0) is 56.2 Å². The van der Waals surface area contributed by atoms with Gasteiger partial charge in [-0.2, -0.15) is 0 Å². The number of unbranched alkanes of at least 4 members (excludes halogenated alkanes) is 7. The third kappa shape index (κ3) is 7.46. The van der Waals surface area contributed by atoms with Crippen LogP contribution in [0.25, 0.3) is 10.8 Å². The van der Waals surface area contributed by atoms with Crippen LogP contribution in [0, 0.1) is 0 Å². The molecule has 2 aromatic carbocycles. The Kier molecular flexibility index (Phi) is 10.4. The van der Waals surface area contributed by atoms with Crippen molar-refractivity contribution >= 4 is 10.8 Å². The standard InChI is InChI=1S/C22H33N.H2O/c1-23(2)19-12-8-6-4-3-5-7-9-14-20-16-13-17-21-15-10-11-18-22(20)21;/h10-11,13,15-18H,3-9,12,14,19H2,1-2H3;1H2. The van der Waals surface area contributed by atoms with Crippen molar-refractivity contribution in [1.29, 1.82) is 0 Å². The van der Waals surface area contributed by atoms with Gasteiger partial charge in [0.2, 0.25) is 0 Å². The van der Waals surface area contributed by atoms with Crippen LogP contribution in [0.3, 0.4) is 0 Å². The average Bonchev–Trinajstić information content (AvgIpc) is 2.56. The van der Waals surface area contributed by atoms with Gasteiger partial charge in [-0.15, -0.1) is 0 Å². The molecule has 134 valence electrons. The summed E-state index contributed by atoms with van der Waals surface area (Å²) in [5.74, 6) is 0. The number of rotatable bonds is 11. The topological polar surface area (TPSA) is 34.7 Å². The van der Waals surface area contributed by atoms with Crippen molar-refractivity contribution in [2.75, 3.05) is 20.6 Å². The van der Waals surface area contributed by atoms with Crippen molar-refractivity contribution in [2.45, 2.75) is 57.8 Å². The average molecular weight is 330 g/mol. The summed E-state index contributed by atoms with van der Waals surface area (Å²) in [5.41, 5.74) is 1.52. The second kappa shape index (κ2) is 12.0. The summed E-state index contributed by atoms with van der Waals surface area (Å²) in [6.07, 6.45) is 12.3. The van der Waals surface area contributed by atoms with Gasteiger partial charge in [-0.1, -0.05) is 81.0 Å². The number of nitrogens with zero attached hydrogens (tertiary/aromatic N) is 1. The first-order chi connectivity index (χ1) is 11.3. The van der Waals surface area contributed by atoms with E-state index < -0.39 is 0 Å². The van der Waals surface area contributed by atoms with Crippen LogP contribution in [-0.4, -0.2) is 31.0 Å². The highest BCUT2D eigenvalue weighted by atomic mass is 16.0. The molecule has 0 aliphatic rings. The van der Waals surface area contributed by atoms with E-state index in [1.165, 1.54) is 80.7 Å². The minimum Gasteiger partial charge on any atom is -0.412 e. The Labute approximate surface area is 148 Å². The van der Waals surface area contributed by atoms with Gasteiger partial charge in [-0.25, -0.2) is 0 Å². The molecular weight excluding hydrogens is 294 g/mol. The molecule has 0 saturated carbocycles. The number of benzene rings is 2. The van der Waals surface area contributed by atoms with Crippen LogP contribution < -0.4 is 0 Å². The first kappa shape index (κ1) is 20.7. The van der Waals surface area contributed by atoms with Gasteiger partial charge < -0.3 is 10.4 Å². The fourth-order valence-corrected chi connectivity index (χ4v) is 3.31. The second-order valence-electron chi connectivity index (χ2n) is 7.02. The molecule has 0 spiro atoms. The van der Waals surface area contributed by atoms with E-state index in [1.807, 2.05) is 0 Å². The third-order valence-electron chi connectivity index (χ3n) is 4.68. The van der Waals surface area contributed by atoms with Crippen molar-refractivity contribution in [2.24, 2.45) is 0 Å². The largest absolute Gasteiger partial charge is 0.412 e. The van der Waals surface area contributed by atoms with E-state index in [2.05, 4.69) is 61.5 Å². The number of aryl methyl sites for hydroxylation is 1. The molecule has 0 atom stereocenters. The number of fused-ring (bicyclic) bond motifs is 1. The Balaban J connectivity index is 0.00000288. The first-order valence-electron chi connectivity index (χ1n) is 9.39. The second-order valence-corrected chi connectivity index (χ2v) is 7.02. The van der Waals surface area contributed by atoms with Crippen molar-refractivity contribution in [3.63, 3.8) is 0 Å². The molecule has 0 aliphatic carbocycles. The lowest BCUT2D eigenvalue weighted by atomic mass is 9.99. The Bertz CT molecular complexity index is 559. The zero-order valence-electron chi connectivity index (χ0n) is 15.6. The summed E-state index contributed by atoms with van der Waals surface area (Å²) in [4.78, 5) is 2.29. The smallest absolute Gasteiger partial charge is 0.00248 e. The minimum absolute atomic E-state index is 0. The lowest BCUT2D eigenvalue weighted by Gasteiger charge is -2.08. The summed E-state index contributed by atoms with van der Waals surface area (Å²) in [5, 5.41) is 2.82. The van der Waals surface area contributed by atoms with Gasteiger partial charge in [0.15, 0.2) is 0 Å². The Morgan fingerprint density at radius 1 is 0.667 bits per heavy atom. The molecule has 2 rings (SSSR count). The van der Waals surface area contributed by atoms with Crippen LogP contribution in [0.2, 0.25) is 0 Å². The zero-order valence-corrected chi connectivity index (χ0v) is 15.6. The molecule has 24 heavy (non-hydrogen) atoms. The van der Waals surface area contributed by atoms with E-state index in [1.54, 1.807) is 0 Å². The molecule has 2 aromatic rings. The molecule has 2 N–H and O–H groups in total. The van der Waals surface area contributed by atoms with Crippen molar-refractivity contribution in [1.82, 2.24) is 4.90 Å². The van der Waals surface area contributed by atoms with E-state index in [0.29, 0.717) is 0 Å². The summed E-state index contributed by atoms with van der Waals surface area (Å²) in [7, 11) is 4.33. The SMILES string of the molecule is CN(C)CCCCCCCCCCc1cccc2ccccc12.O. The van der Waals surface area contributed by atoms with E-state index in [9.17, 15) is 0 Å². The summed E-state index contributed by atoms with van der Waals surface area (Å²) < 4.78 is 0. The maximum atomic E-state index is 2.30. The first-order valence-corrected chi connectivity index (χ1v) is 9.39. The Hall–Kier alpha value is -1.38. The maximum absolute atomic E-state index is 2.30. The predicted molar refractivity (Wildman–Crippen MR) is 107 cm³/mol. The van der Waals surface area contributed by atoms with Crippen molar-refractivity contribution < 1.29 is 5.48 Å². The summed E-state index contributed by atoms with van der Waals surface area (Å²) >= 11 is 0.